The molecule has 19 heavy (non-hydrogen) atoms. The molecule has 1 amide bonds. The van der Waals surface area contributed by atoms with Crippen molar-refractivity contribution < 1.29 is 4.79 Å². The number of rotatable bonds is 7. The summed E-state index contributed by atoms with van der Waals surface area (Å²) in [4.78, 5) is 11.9. The quantitative estimate of drug-likeness (QED) is 0.793. The van der Waals surface area contributed by atoms with Crippen LogP contribution in [0.1, 0.15) is 45.1 Å². The van der Waals surface area contributed by atoms with E-state index in [-0.39, 0.29) is 11.9 Å². The molecule has 1 aromatic carbocycles. The molecule has 0 aliphatic rings. The molecule has 0 aliphatic carbocycles. The molecule has 0 fully saturated rings. The van der Waals surface area contributed by atoms with E-state index >= 15 is 0 Å². The van der Waals surface area contributed by atoms with Crippen molar-refractivity contribution in [3.8, 4) is 0 Å². The van der Waals surface area contributed by atoms with Gasteiger partial charge in [0.25, 0.3) is 0 Å². The Kier molecular flexibility index (Phi) is 6.57. The number of nitrogens with two attached hydrogens (primary N) is 1. The molecule has 2 atom stereocenters. The molecule has 0 saturated heterocycles. The summed E-state index contributed by atoms with van der Waals surface area (Å²) in [5.41, 5.74) is 7.08. The normalized spacial score (nSPS) is 14.2. The fourth-order valence-electron chi connectivity index (χ4n) is 2.22. The Morgan fingerprint density at radius 1 is 1.26 bits per heavy atom. The lowest BCUT2D eigenvalue weighted by atomic mass is 9.88. The van der Waals surface area contributed by atoms with E-state index in [1.54, 1.807) is 0 Å². The van der Waals surface area contributed by atoms with Crippen LogP contribution in [-0.2, 0) is 4.79 Å². The summed E-state index contributed by atoms with van der Waals surface area (Å²) in [7, 11) is 0. The van der Waals surface area contributed by atoms with E-state index in [4.69, 9.17) is 5.73 Å². The van der Waals surface area contributed by atoms with E-state index in [0.29, 0.717) is 18.4 Å². The van der Waals surface area contributed by atoms with E-state index in [1.807, 2.05) is 25.1 Å². The lowest BCUT2D eigenvalue weighted by molar-refractivity contribution is -0.122. The third kappa shape index (κ3) is 5.03. The third-order valence-corrected chi connectivity index (χ3v) is 3.47. The first-order valence-corrected chi connectivity index (χ1v) is 7.14. The van der Waals surface area contributed by atoms with Gasteiger partial charge in [-0.1, -0.05) is 57.5 Å². The molecule has 0 aromatic heterocycles. The van der Waals surface area contributed by atoms with Gasteiger partial charge in [0.1, 0.15) is 0 Å². The summed E-state index contributed by atoms with van der Waals surface area (Å²) in [5.74, 6) is 0.771. The van der Waals surface area contributed by atoms with E-state index in [0.717, 1.165) is 12.8 Å². The number of benzene rings is 1. The smallest absolute Gasteiger partial charge is 0.236 e. The minimum Gasteiger partial charge on any atom is -0.354 e. The molecule has 1 aromatic rings. The first-order valence-electron chi connectivity index (χ1n) is 7.14. The zero-order chi connectivity index (χ0) is 14.3. The van der Waals surface area contributed by atoms with Gasteiger partial charge in [-0.25, -0.2) is 0 Å². The monoisotopic (exact) mass is 262 g/mol. The van der Waals surface area contributed by atoms with Crippen molar-refractivity contribution in [2.75, 3.05) is 6.54 Å². The Morgan fingerprint density at radius 3 is 2.42 bits per heavy atom. The van der Waals surface area contributed by atoms with Crippen LogP contribution >= 0.6 is 0 Å². The average Bonchev–Trinajstić information content (AvgIpc) is 2.39. The molecule has 0 radical (unpaired) electrons. The summed E-state index contributed by atoms with van der Waals surface area (Å²) in [6.07, 6.45) is 1.67. The maximum absolute atomic E-state index is 11.9. The standard InChI is InChI=1S/C16H26N2O/c1-4-8-15(17)16(19)18-11-14(12(2)3)13-9-6-5-7-10-13/h5-7,9-10,12,14-15H,4,8,11,17H2,1-3H3,(H,18,19). The Hall–Kier alpha value is -1.35. The van der Waals surface area contributed by atoms with Crippen LogP contribution in [0.2, 0.25) is 0 Å². The maximum Gasteiger partial charge on any atom is 0.236 e. The highest BCUT2D eigenvalue weighted by Gasteiger charge is 2.18. The molecule has 0 saturated carbocycles. The maximum atomic E-state index is 11.9. The number of carbonyl (C=O) groups excluding carboxylic acids is 1. The first-order chi connectivity index (χ1) is 9.06. The molecule has 0 aliphatic heterocycles. The zero-order valence-electron chi connectivity index (χ0n) is 12.2. The van der Waals surface area contributed by atoms with E-state index < -0.39 is 0 Å². The van der Waals surface area contributed by atoms with Crippen LogP contribution in [0.4, 0.5) is 0 Å². The number of hydrogen-bond acceptors (Lipinski definition) is 2. The van der Waals surface area contributed by atoms with Crippen molar-refractivity contribution >= 4 is 5.91 Å². The summed E-state index contributed by atoms with van der Waals surface area (Å²) < 4.78 is 0. The molecule has 106 valence electrons. The second-order valence-corrected chi connectivity index (χ2v) is 5.40. The molecular weight excluding hydrogens is 236 g/mol. The molecule has 1 rings (SSSR count). The highest BCUT2D eigenvalue weighted by atomic mass is 16.2. The van der Waals surface area contributed by atoms with Gasteiger partial charge < -0.3 is 11.1 Å². The number of nitrogens with one attached hydrogen (secondary N) is 1. The van der Waals surface area contributed by atoms with Gasteiger partial charge in [0.2, 0.25) is 5.91 Å². The number of carbonyl (C=O) groups is 1. The Balaban J connectivity index is 2.59. The van der Waals surface area contributed by atoms with Crippen LogP contribution in [0.25, 0.3) is 0 Å². The van der Waals surface area contributed by atoms with Gasteiger partial charge in [0.05, 0.1) is 6.04 Å². The summed E-state index contributed by atoms with van der Waals surface area (Å²) in [6, 6.07) is 9.93. The molecule has 0 spiro atoms. The lowest BCUT2D eigenvalue weighted by Gasteiger charge is -2.22. The van der Waals surface area contributed by atoms with Crippen LogP contribution in [0.3, 0.4) is 0 Å². The molecule has 3 N–H and O–H groups in total. The van der Waals surface area contributed by atoms with Crippen LogP contribution in [0.5, 0.6) is 0 Å². The molecular formula is C16H26N2O. The molecule has 0 bridgehead atoms. The van der Waals surface area contributed by atoms with Gasteiger partial charge in [0, 0.05) is 12.5 Å². The van der Waals surface area contributed by atoms with Gasteiger partial charge in [-0.2, -0.15) is 0 Å². The predicted octanol–water partition coefficient (Wildman–Crippen LogP) is 2.67. The number of amides is 1. The minimum absolute atomic E-state index is 0.0385. The van der Waals surface area contributed by atoms with Crippen molar-refractivity contribution in [1.82, 2.24) is 5.32 Å². The van der Waals surface area contributed by atoms with E-state index in [1.165, 1.54) is 5.56 Å². The third-order valence-electron chi connectivity index (χ3n) is 3.47. The zero-order valence-corrected chi connectivity index (χ0v) is 12.2. The van der Waals surface area contributed by atoms with Gasteiger partial charge in [-0.3, -0.25) is 4.79 Å². The minimum atomic E-state index is -0.381. The fraction of sp³-hybridized carbons (Fsp3) is 0.562. The second-order valence-electron chi connectivity index (χ2n) is 5.40. The number of hydrogen-bond donors (Lipinski definition) is 2. The van der Waals surface area contributed by atoms with Gasteiger partial charge >= 0.3 is 0 Å². The van der Waals surface area contributed by atoms with Gasteiger partial charge in [0.15, 0.2) is 0 Å². The van der Waals surface area contributed by atoms with Gasteiger partial charge in [-0.15, -0.1) is 0 Å². The Bertz CT molecular complexity index is 376. The largest absolute Gasteiger partial charge is 0.354 e. The van der Waals surface area contributed by atoms with Crippen molar-refractivity contribution in [3.05, 3.63) is 35.9 Å². The summed E-state index contributed by atoms with van der Waals surface area (Å²) in [6.45, 7) is 7.04. The van der Waals surface area contributed by atoms with Crippen molar-refractivity contribution in [3.63, 3.8) is 0 Å². The average molecular weight is 262 g/mol. The van der Waals surface area contributed by atoms with Crippen molar-refractivity contribution in [1.29, 1.82) is 0 Å². The molecule has 2 unspecified atom stereocenters. The Labute approximate surface area is 116 Å². The summed E-state index contributed by atoms with van der Waals surface area (Å²) >= 11 is 0. The lowest BCUT2D eigenvalue weighted by Crippen LogP contribution is -2.42. The SMILES string of the molecule is CCCC(N)C(=O)NCC(c1ccccc1)C(C)C. The molecule has 0 heterocycles. The van der Waals surface area contributed by atoms with Crippen LogP contribution in [-0.4, -0.2) is 18.5 Å². The first kappa shape index (κ1) is 15.7. The Morgan fingerprint density at radius 2 is 1.89 bits per heavy atom. The van der Waals surface area contributed by atoms with E-state index in [2.05, 4.69) is 31.3 Å². The second kappa shape index (κ2) is 7.95. The fourth-order valence-corrected chi connectivity index (χ4v) is 2.22. The summed E-state index contributed by atoms with van der Waals surface area (Å²) in [5, 5.41) is 2.98. The molecule has 3 nitrogen and oxygen atoms in total. The van der Waals surface area contributed by atoms with Crippen LogP contribution < -0.4 is 11.1 Å². The topological polar surface area (TPSA) is 55.1 Å². The van der Waals surface area contributed by atoms with E-state index in [9.17, 15) is 4.79 Å². The van der Waals surface area contributed by atoms with Crippen molar-refractivity contribution in [2.45, 2.75) is 45.6 Å². The highest BCUT2D eigenvalue weighted by Crippen LogP contribution is 2.23. The highest BCUT2D eigenvalue weighted by molar-refractivity contribution is 5.81. The predicted molar refractivity (Wildman–Crippen MR) is 79.9 cm³/mol. The molecule has 3 heteroatoms. The van der Waals surface area contributed by atoms with Gasteiger partial charge in [-0.05, 0) is 17.9 Å². The van der Waals surface area contributed by atoms with Crippen LogP contribution in [0, 0.1) is 5.92 Å². The van der Waals surface area contributed by atoms with Crippen LogP contribution in [0.15, 0.2) is 30.3 Å². The van der Waals surface area contributed by atoms with Crippen molar-refractivity contribution in [2.24, 2.45) is 11.7 Å².